The van der Waals surface area contributed by atoms with Crippen LogP contribution < -0.4 is 10.1 Å². The third-order valence-electron chi connectivity index (χ3n) is 4.57. The summed E-state index contributed by atoms with van der Waals surface area (Å²) >= 11 is 0. The van der Waals surface area contributed by atoms with Gasteiger partial charge in [0, 0.05) is 32.1 Å². The van der Waals surface area contributed by atoms with Gasteiger partial charge in [-0.2, -0.15) is 0 Å². The molecule has 6 nitrogen and oxygen atoms in total. The Morgan fingerprint density at radius 2 is 2.04 bits per heavy atom. The van der Waals surface area contributed by atoms with Gasteiger partial charge in [-0.05, 0) is 38.7 Å². The number of benzene rings is 1. The fraction of sp³-hybridized carbons (Fsp3) is 0.556. The second-order valence-electron chi connectivity index (χ2n) is 6.58. The summed E-state index contributed by atoms with van der Waals surface area (Å²) in [4.78, 5) is 28.3. The Kier molecular flexibility index (Phi) is 6.20. The van der Waals surface area contributed by atoms with Crippen LogP contribution >= 0.6 is 0 Å². The smallest absolute Gasteiger partial charge is 0.225 e. The molecule has 1 aromatic rings. The molecule has 1 N–H and O–H groups in total. The number of amides is 2. The highest BCUT2D eigenvalue weighted by Gasteiger charge is 2.34. The average Bonchev–Trinajstić information content (AvgIpc) is 2.93. The predicted molar refractivity (Wildman–Crippen MR) is 92.7 cm³/mol. The van der Waals surface area contributed by atoms with E-state index >= 15 is 0 Å². The van der Waals surface area contributed by atoms with Crippen molar-refractivity contribution in [3.8, 4) is 5.75 Å². The van der Waals surface area contributed by atoms with Crippen LogP contribution in [-0.2, 0) is 16.1 Å². The molecular weight excluding hydrogens is 306 g/mol. The lowest BCUT2D eigenvalue weighted by atomic mass is 10.1. The van der Waals surface area contributed by atoms with E-state index in [2.05, 4.69) is 17.1 Å². The summed E-state index contributed by atoms with van der Waals surface area (Å²) in [6.07, 6.45) is 0.290. The maximum absolute atomic E-state index is 12.3. The Morgan fingerprint density at radius 1 is 1.38 bits per heavy atom. The van der Waals surface area contributed by atoms with Crippen molar-refractivity contribution in [3.05, 3.63) is 29.8 Å². The van der Waals surface area contributed by atoms with Crippen LogP contribution in [0.5, 0.6) is 5.75 Å². The minimum absolute atomic E-state index is 0.0331. The minimum Gasteiger partial charge on any atom is -0.497 e. The van der Waals surface area contributed by atoms with Gasteiger partial charge in [0.15, 0.2) is 0 Å². The minimum atomic E-state index is -0.259. The molecule has 0 spiro atoms. The maximum atomic E-state index is 12.3. The van der Waals surface area contributed by atoms with Gasteiger partial charge in [0.05, 0.1) is 13.0 Å². The summed E-state index contributed by atoms with van der Waals surface area (Å²) in [5, 5.41) is 2.95. The monoisotopic (exact) mass is 333 g/mol. The Balaban J connectivity index is 1.86. The van der Waals surface area contributed by atoms with Crippen molar-refractivity contribution in [2.75, 3.05) is 34.3 Å². The van der Waals surface area contributed by atoms with Crippen molar-refractivity contribution in [2.24, 2.45) is 5.92 Å². The Hall–Kier alpha value is -2.08. The zero-order valence-corrected chi connectivity index (χ0v) is 14.9. The molecule has 1 fully saturated rings. The first-order valence-corrected chi connectivity index (χ1v) is 8.25. The zero-order chi connectivity index (χ0) is 17.7. The standard InChI is InChI=1S/C18H27N3O3/c1-13(20(2)3)10-19-18(23)15-9-17(22)21(12-15)11-14-5-7-16(24-4)8-6-14/h5-8,13,15H,9-12H2,1-4H3,(H,19,23). The molecule has 24 heavy (non-hydrogen) atoms. The van der Waals surface area contributed by atoms with E-state index in [9.17, 15) is 9.59 Å². The van der Waals surface area contributed by atoms with Crippen molar-refractivity contribution in [1.29, 1.82) is 0 Å². The van der Waals surface area contributed by atoms with Crippen LogP contribution in [0.2, 0.25) is 0 Å². The van der Waals surface area contributed by atoms with Gasteiger partial charge in [-0.15, -0.1) is 0 Å². The molecule has 0 bridgehead atoms. The third-order valence-corrected chi connectivity index (χ3v) is 4.57. The number of carbonyl (C=O) groups is 2. The van der Waals surface area contributed by atoms with Crippen LogP contribution in [0, 0.1) is 5.92 Å². The van der Waals surface area contributed by atoms with Crippen molar-refractivity contribution in [2.45, 2.75) is 25.9 Å². The molecular formula is C18H27N3O3. The lowest BCUT2D eigenvalue weighted by Crippen LogP contribution is -2.41. The van der Waals surface area contributed by atoms with Gasteiger partial charge in [-0.1, -0.05) is 12.1 Å². The van der Waals surface area contributed by atoms with Gasteiger partial charge in [-0.3, -0.25) is 9.59 Å². The average molecular weight is 333 g/mol. The van der Waals surface area contributed by atoms with Crippen molar-refractivity contribution < 1.29 is 14.3 Å². The number of likely N-dealkylation sites (N-methyl/N-ethyl adjacent to an activating group) is 1. The highest BCUT2D eigenvalue weighted by atomic mass is 16.5. The number of rotatable bonds is 7. The van der Waals surface area contributed by atoms with E-state index in [-0.39, 0.29) is 23.8 Å². The van der Waals surface area contributed by atoms with Crippen molar-refractivity contribution in [1.82, 2.24) is 15.1 Å². The van der Waals surface area contributed by atoms with Crippen LogP contribution in [0.25, 0.3) is 0 Å². The molecule has 1 heterocycles. The number of nitrogens with one attached hydrogen (secondary N) is 1. The largest absolute Gasteiger partial charge is 0.497 e. The van der Waals surface area contributed by atoms with Crippen LogP contribution in [0.3, 0.4) is 0 Å². The highest BCUT2D eigenvalue weighted by Crippen LogP contribution is 2.21. The maximum Gasteiger partial charge on any atom is 0.225 e. The Bertz CT molecular complexity index is 571. The van der Waals surface area contributed by atoms with Gasteiger partial charge >= 0.3 is 0 Å². The van der Waals surface area contributed by atoms with E-state index in [0.717, 1.165) is 11.3 Å². The number of carbonyl (C=O) groups excluding carboxylic acids is 2. The predicted octanol–water partition coefficient (Wildman–Crippen LogP) is 1.11. The second kappa shape index (κ2) is 8.15. The molecule has 1 aromatic carbocycles. The number of likely N-dealkylation sites (tertiary alicyclic amines) is 1. The van der Waals surface area contributed by atoms with Gasteiger partial charge in [0.1, 0.15) is 5.75 Å². The van der Waals surface area contributed by atoms with Crippen LogP contribution in [0.15, 0.2) is 24.3 Å². The summed E-state index contributed by atoms with van der Waals surface area (Å²) in [5.74, 6) is 0.532. The Labute approximate surface area is 143 Å². The van der Waals surface area contributed by atoms with Crippen LogP contribution in [0.1, 0.15) is 18.9 Å². The summed E-state index contributed by atoms with van der Waals surface area (Å²) in [7, 11) is 5.58. The topological polar surface area (TPSA) is 61.9 Å². The molecule has 0 saturated carbocycles. The first kappa shape index (κ1) is 18.3. The van der Waals surface area contributed by atoms with E-state index in [0.29, 0.717) is 26.1 Å². The number of methoxy groups -OCH3 is 1. The molecule has 0 aromatic heterocycles. The van der Waals surface area contributed by atoms with E-state index in [4.69, 9.17) is 4.74 Å². The first-order chi connectivity index (χ1) is 11.4. The van der Waals surface area contributed by atoms with E-state index in [1.165, 1.54) is 0 Å². The number of nitrogens with zero attached hydrogens (tertiary/aromatic N) is 2. The molecule has 1 aliphatic rings. The zero-order valence-electron chi connectivity index (χ0n) is 14.9. The molecule has 132 valence electrons. The van der Waals surface area contributed by atoms with Gasteiger partial charge < -0.3 is 19.9 Å². The van der Waals surface area contributed by atoms with Gasteiger partial charge in [-0.25, -0.2) is 0 Å². The Morgan fingerprint density at radius 3 is 2.62 bits per heavy atom. The third kappa shape index (κ3) is 4.71. The second-order valence-corrected chi connectivity index (χ2v) is 6.58. The number of hydrogen-bond acceptors (Lipinski definition) is 4. The lowest BCUT2D eigenvalue weighted by molar-refractivity contribution is -0.129. The SMILES string of the molecule is COc1ccc(CN2CC(C(=O)NCC(C)N(C)C)CC2=O)cc1. The molecule has 2 amide bonds. The van der Waals surface area contributed by atoms with Crippen LogP contribution in [0.4, 0.5) is 0 Å². The summed E-state index contributed by atoms with van der Waals surface area (Å²) in [6.45, 7) is 3.65. The fourth-order valence-electron chi connectivity index (χ4n) is 2.63. The van der Waals surface area contributed by atoms with E-state index < -0.39 is 0 Å². The molecule has 6 heteroatoms. The normalized spacial score (nSPS) is 18.8. The molecule has 0 radical (unpaired) electrons. The highest BCUT2D eigenvalue weighted by molar-refractivity contribution is 5.89. The van der Waals surface area contributed by atoms with Crippen molar-refractivity contribution in [3.63, 3.8) is 0 Å². The van der Waals surface area contributed by atoms with Crippen LogP contribution in [-0.4, -0.2) is 62.0 Å². The van der Waals surface area contributed by atoms with Gasteiger partial charge in [0.2, 0.25) is 11.8 Å². The summed E-state index contributed by atoms with van der Waals surface area (Å²) < 4.78 is 5.13. The fourth-order valence-corrected chi connectivity index (χ4v) is 2.63. The number of hydrogen-bond donors (Lipinski definition) is 1. The molecule has 2 rings (SSSR count). The molecule has 2 atom stereocenters. The van der Waals surface area contributed by atoms with E-state index in [1.807, 2.05) is 38.4 Å². The summed E-state index contributed by atoms with van der Waals surface area (Å²) in [6, 6.07) is 7.91. The molecule has 2 unspecified atom stereocenters. The number of ether oxygens (including phenoxy) is 1. The first-order valence-electron chi connectivity index (χ1n) is 8.25. The molecule has 1 aliphatic heterocycles. The molecule has 0 aliphatic carbocycles. The molecule has 1 saturated heterocycles. The lowest BCUT2D eigenvalue weighted by Gasteiger charge is -2.21. The van der Waals surface area contributed by atoms with E-state index in [1.54, 1.807) is 12.0 Å². The van der Waals surface area contributed by atoms with Gasteiger partial charge in [0.25, 0.3) is 0 Å². The summed E-state index contributed by atoms with van der Waals surface area (Å²) in [5.41, 5.74) is 1.03. The van der Waals surface area contributed by atoms with Crippen molar-refractivity contribution >= 4 is 11.8 Å². The quantitative estimate of drug-likeness (QED) is 0.812.